The predicted octanol–water partition coefficient (Wildman–Crippen LogP) is 3.74. The summed E-state index contributed by atoms with van der Waals surface area (Å²) in [7, 11) is 0. The molecule has 1 aromatic rings. The Kier molecular flexibility index (Phi) is 9.76. The number of ether oxygens (including phenoxy) is 1. The largest absolute Gasteiger partial charge is 0.545 e. The SMILES string of the molecule is CCCCCCCCCCCOC(=O)c1ccccc1C(=O)[O-]. The number of carboxylic acids is 1. The van der Waals surface area contributed by atoms with Crippen LogP contribution < -0.4 is 5.11 Å². The first-order chi connectivity index (χ1) is 11.2. The van der Waals surface area contributed by atoms with Crippen molar-refractivity contribution >= 4 is 11.9 Å². The van der Waals surface area contributed by atoms with Gasteiger partial charge in [-0.2, -0.15) is 0 Å². The van der Waals surface area contributed by atoms with Crippen molar-refractivity contribution in [3.05, 3.63) is 35.4 Å². The number of esters is 1. The molecule has 1 rings (SSSR count). The van der Waals surface area contributed by atoms with Crippen molar-refractivity contribution < 1.29 is 19.4 Å². The van der Waals surface area contributed by atoms with E-state index < -0.39 is 11.9 Å². The van der Waals surface area contributed by atoms with Gasteiger partial charge in [0, 0.05) is 5.56 Å². The highest BCUT2D eigenvalue weighted by Crippen LogP contribution is 2.12. The van der Waals surface area contributed by atoms with E-state index in [0.29, 0.717) is 6.61 Å². The summed E-state index contributed by atoms with van der Waals surface area (Å²) in [6, 6.07) is 5.97. The predicted molar refractivity (Wildman–Crippen MR) is 88.3 cm³/mol. The van der Waals surface area contributed by atoms with Crippen LogP contribution in [0.5, 0.6) is 0 Å². The Labute approximate surface area is 138 Å². The lowest BCUT2D eigenvalue weighted by molar-refractivity contribution is -0.255. The number of hydrogen-bond donors (Lipinski definition) is 0. The fourth-order valence-corrected chi connectivity index (χ4v) is 2.49. The monoisotopic (exact) mass is 319 g/mol. The molecule has 0 aromatic heterocycles. The van der Waals surface area contributed by atoms with Gasteiger partial charge in [-0.05, 0) is 12.5 Å². The molecular formula is C19H27O4-. The molecule has 0 N–H and O–H groups in total. The minimum atomic E-state index is -1.36. The molecule has 1 aromatic carbocycles. The maximum absolute atomic E-state index is 11.9. The van der Waals surface area contributed by atoms with Gasteiger partial charge in [0.1, 0.15) is 0 Å². The molecule has 128 valence electrons. The minimum absolute atomic E-state index is 0.0587. The average molecular weight is 319 g/mol. The first kappa shape index (κ1) is 19.2. The zero-order valence-corrected chi connectivity index (χ0v) is 14.0. The number of benzene rings is 1. The van der Waals surface area contributed by atoms with Gasteiger partial charge in [-0.3, -0.25) is 0 Å². The summed E-state index contributed by atoms with van der Waals surface area (Å²) in [5.41, 5.74) is -0.0620. The summed E-state index contributed by atoms with van der Waals surface area (Å²) < 4.78 is 5.15. The normalized spacial score (nSPS) is 10.5. The Morgan fingerprint density at radius 2 is 1.39 bits per heavy atom. The highest BCUT2D eigenvalue weighted by atomic mass is 16.5. The summed E-state index contributed by atoms with van der Waals surface area (Å²) in [5, 5.41) is 10.9. The smallest absolute Gasteiger partial charge is 0.338 e. The maximum Gasteiger partial charge on any atom is 0.338 e. The third-order valence-corrected chi connectivity index (χ3v) is 3.85. The van der Waals surface area contributed by atoms with Crippen molar-refractivity contribution in [3.8, 4) is 0 Å². The molecule has 0 aliphatic carbocycles. The van der Waals surface area contributed by atoms with Crippen molar-refractivity contribution in [2.75, 3.05) is 6.61 Å². The van der Waals surface area contributed by atoms with E-state index in [9.17, 15) is 14.7 Å². The van der Waals surface area contributed by atoms with Crippen LogP contribution in [0.3, 0.4) is 0 Å². The molecule has 0 saturated heterocycles. The molecule has 0 heterocycles. The van der Waals surface area contributed by atoms with Gasteiger partial charge in [-0.1, -0.05) is 76.5 Å². The van der Waals surface area contributed by atoms with E-state index in [1.54, 1.807) is 12.1 Å². The van der Waals surface area contributed by atoms with Crippen LogP contribution >= 0.6 is 0 Å². The van der Waals surface area contributed by atoms with E-state index in [4.69, 9.17) is 4.74 Å². The lowest BCUT2D eigenvalue weighted by atomic mass is 10.1. The van der Waals surface area contributed by atoms with Crippen LogP contribution in [-0.2, 0) is 4.74 Å². The number of unbranched alkanes of at least 4 members (excludes halogenated alkanes) is 8. The summed E-state index contributed by atoms with van der Waals surface area (Å²) in [4.78, 5) is 22.8. The third kappa shape index (κ3) is 7.82. The first-order valence-electron chi connectivity index (χ1n) is 8.64. The van der Waals surface area contributed by atoms with E-state index in [-0.39, 0.29) is 11.1 Å². The lowest BCUT2D eigenvalue weighted by Gasteiger charge is -2.10. The molecule has 4 nitrogen and oxygen atoms in total. The van der Waals surface area contributed by atoms with Gasteiger partial charge in [-0.25, -0.2) is 4.79 Å². The average Bonchev–Trinajstić information content (AvgIpc) is 2.56. The first-order valence-corrected chi connectivity index (χ1v) is 8.64. The standard InChI is InChI=1S/C19H28O4/c1-2-3-4-5-6-7-8-9-12-15-23-19(22)17-14-11-10-13-16(17)18(20)21/h10-11,13-14H,2-9,12,15H2,1H3,(H,20,21)/p-1. The van der Waals surface area contributed by atoms with Gasteiger partial charge < -0.3 is 14.6 Å². The van der Waals surface area contributed by atoms with E-state index in [1.165, 1.54) is 50.7 Å². The van der Waals surface area contributed by atoms with Gasteiger partial charge in [0.2, 0.25) is 0 Å². The summed E-state index contributed by atoms with van der Waals surface area (Å²) in [5.74, 6) is -1.95. The molecule has 4 heteroatoms. The van der Waals surface area contributed by atoms with Crippen LogP contribution in [0.25, 0.3) is 0 Å². The maximum atomic E-state index is 11.9. The fourth-order valence-electron chi connectivity index (χ4n) is 2.49. The van der Waals surface area contributed by atoms with E-state index in [1.807, 2.05) is 0 Å². The molecular weight excluding hydrogens is 292 g/mol. The Hall–Kier alpha value is -1.84. The number of hydrogen-bond acceptors (Lipinski definition) is 4. The molecule has 0 saturated carbocycles. The highest BCUT2D eigenvalue weighted by Gasteiger charge is 2.12. The van der Waals surface area contributed by atoms with E-state index in [0.717, 1.165) is 19.3 Å². The van der Waals surface area contributed by atoms with E-state index >= 15 is 0 Å². The summed E-state index contributed by atoms with van der Waals surface area (Å²) >= 11 is 0. The Balaban J connectivity index is 2.14. The second kappa shape index (κ2) is 11.7. The third-order valence-electron chi connectivity index (χ3n) is 3.85. The fraction of sp³-hybridized carbons (Fsp3) is 0.579. The quantitative estimate of drug-likeness (QED) is 0.435. The van der Waals surface area contributed by atoms with Crippen molar-refractivity contribution in [1.82, 2.24) is 0 Å². The van der Waals surface area contributed by atoms with Crippen LogP contribution in [0.4, 0.5) is 0 Å². The van der Waals surface area contributed by atoms with Gasteiger partial charge in [0.15, 0.2) is 0 Å². The highest BCUT2D eigenvalue weighted by molar-refractivity contribution is 6.01. The molecule has 0 aliphatic rings. The van der Waals surface area contributed by atoms with Crippen molar-refractivity contribution in [3.63, 3.8) is 0 Å². The molecule has 0 radical (unpaired) electrons. The number of carbonyl (C=O) groups is 2. The van der Waals surface area contributed by atoms with Crippen LogP contribution in [0, 0.1) is 0 Å². The number of carboxylic acid groups (broad SMARTS) is 1. The Morgan fingerprint density at radius 1 is 0.870 bits per heavy atom. The number of aromatic carboxylic acids is 1. The van der Waals surface area contributed by atoms with Crippen molar-refractivity contribution in [2.45, 2.75) is 64.7 Å². The van der Waals surface area contributed by atoms with E-state index in [2.05, 4.69) is 6.92 Å². The number of rotatable bonds is 12. The zero-order chi connectivity index (χ0) is 16.9. The molecule has 0 fully saturated rings. The van der Waals surface area contributed by atoms with Crippen molar-refractivity contribution in [1.29, 1.82) is 0 Å². The zero-order valence-electron chi connectivity index (χ0n) is 14.0. The van der Waals surface area contributed by atoms with Gasteiger partial charge in [-0.15, -0.1) is 0 Å². The van der Waals surface area contributed by atoms with Crippen LogP contribution in [-0.4, -0.2) is 18.5 Å². The van der Waals surface area contributed by atoms with Gasteiger partial charge in [0.05, 0.1) is 18.1 Å². The second-order valence-electron chi connectivity index (χ2n) is 5.80. The van der Waals surface area contributed by atoms with Crippen LogP contribution in [0.2, 0.25) is 0 Å². The second-order valence-corrected chi connectivity index (χ2v) is 5.80. The summed E-state index contributed by atoms with van der Waals surface area (Å²) in [6.45, 7) is 2.54. The Bertz CT molecular complexity index is 482. The molecule has 23 heavy (non-hydrogen) atoms. The van der Waals surface area contributed by atoms with Crippen LogP contribution in [0.15, 0.2) is 24.3 Å². The Morgan fingerprint density at radius 3 is 1.96 bits per heavy atom. The molecule has 0 aliphatic heterocycles. The molecule has 0 bridgehead atoms. The summed E-state index contributed by atoms with van der Waals surface area (Å²) in [6.07, 6.45) is 10.7. The van der Waals surface area contributed by atoms with Crippen molar-refractivity contribution in [2.24, 2.45) is 0 Å². The lowest BCUT2D eigenvalue weighted by Crippen LogP contribution is -2.25. The molecule has 0 unspecified atom stereocenters. The van der Waals surface area contributed by atoms with Gasteiger partial charge >= 0.3 is 5.97 Å². The number of carbonyl (C=O) groups excluding carboxylic acids is 2. The molecule has 0 spiro atoms. The van der Waals surface area contributed by atoms with Gasteiger partial charge in [0.25, 0.3) is 0 Å². The minimum Gasteiger partial charge on any atom is -0.545 e. The molecule has 0 atom stereocenters. The van der Waals surface area contributed by atoms with Crippen LogP contribution in [0.1, 0.15) is 85.4 Å². The molecule has 0 amide bonds. The topological polar surface area (TPSA) is 66.4 Å².